The topological polar surface area (TPSA) is 34.9 Å². The molecule has 0 saturated heterocycles. The van der Waals surface area contributed by atoms with E-state index in [1.807, 2.05) is 18.2 Å². The summed E-state index contributed by atoms with van der Waals surface area (Å²) in [4.78, 5) is 16.9. The predicted molar refractivity (Wildman–Crippen MR) is 93.3 cm³/mol. The van der Waals surface area contributed by atoms with Crippen LogP contribution in [0.5, 0.6) is 0 Å². The maximum atomic E-state index is 12.6. The minimum Gasteiger partial charge on any atom is -0.294 e. The van der Waals surface area contributed by atoms with E-state index in [4.69, 9.17) is 0 Å². The summed E-state index contributed by atoms with van der Waals surface area (Å²) < 4.78 is 2.54. The Morgan fingerprint density at radius 3 is 2.55 bits per heavy atom. The lowest BCUT2D eigenvalue weighted by molar-refractivity contribution is 0.747. The highest BCUT2D eigenvalue weighted by molar-refractivity contribution is 9.10. The van der Waals surface area contributed by atoms with Gasteiger partial charge in [0.1, 0.15) is 0 Å². The first-order valence-corrected chi connectivity index (χ1v) is 8.07. The van der Waals surface area contributed by atoms with E-state index in [-0.39, 0.29) is 5.56 Å². The van der Waals surface area contributed by atoms with Crippen molar-refractivity contribution in [1.82, 2.24) is 9.55 Å². The average molecular weight is 357 g/mol. The Bertz CT molecular complexity index is 866. The number of rotatable bonds is 3. The molecule has 1 heterocycles. The van der Waals surface area contributed by atoms with Crippen LogP contribution in [0.25, 0.3) is 10.9 Å². The van der Waals surface area contributed by atoms with Gasteiger partial charge in [-0.2, -0.15) is 0 Å². The van der Waals surface area contributed by atoms with Crippen molar-refractivity contribution in [3.63, 3.8) is 0 Å². The monoisotopic (exact) mass is 356 g/mol. The van der Waals surface area contributed by atoms with Crippen molar-refractivity contribution in [2.75, 3.05) is 0 Å². The van der Waals surface area contributed by atoms with Gasteiger partial charge in [0.05, 0.1) is 23.8 Å². The molecule has 0 aliphatic carbocycles. The second-order valence-electron chi connectivity index (χ2n) is 5.74. The fraction of sp³-hybridized carbons (Fsp3) is 0.222. The molecule has 2 aromatic carbocycles. The first kappa shape index (κ1) is 15.0. The SMILES string of the molecule is CC(C)c1ccc(Cn2cnc3ccc(Br)cc3c2=O)cc1. The van der Waals surface area contributed by atoms with Crippen molar-refractivity contribution < 1.29 is 0 Å². The van der Waals surface area contributed by atoms with Crippen LogP contribution in [0, 0.1) is 0 Å². The highest BCUT2D eigenvalue weighted by Crippen LogP contribution is 2.16. The quantitative estimate of drug-likeness (QED) is 0.699. The van der Waals surface area contributed by atoms with Crippen molar-refractivity contribution >= 4 is 26.8 Å². The van der Waals surface area contributed by atoms with Crippen molar-refractivity contribution in [1.29, 1.82) is 0 Å². The van der Waals surface area contributed by atoms with Crippen LogP contribution in [0.1, 0.15) is 30.9 Å². The summed E-state index contributed by atoms with van der Waals surface area (Å²) >= 11 is 3.40. The molecule has 0 aliphatic rings. The number of nitrogens with zero attached hydrogens (tertiary/aromatic N) is 2. The summed E-state index contributed by atoms with van der Waals surface area (Å²) in [7, 11) is 0. The lowest BCUT2D eigenvalue weighted by atomic mass is 10.0. The molecule has 0 aliphatic heterocycles. The number of fused-ring (bicyclic) bond motifs is 1. The summed E-state index contributed by atoms with van der Waals surface area (Å²) in [6, 6.07) is 14.0. The minimum absolute atomic E-state index is 0.0146. The Kier molecular flexibility index (Phi) is 4.12. The van der Waals surface area contributed by atoms with Crippen molar-refractivity contribution in [2.45, 2.75) is 26.3 Å². The van der Waals surface area contributed by atoms with Crippen LogP contribution >= 0.6 is 15.9 Å². The van der Waals surface area contributed by atoms with Gasteiger partial charge >= 0.3 is 0 Å². The molecular weight excluding hydrogens is 340 g/mol. The summed E-state index contributed by atoms with van der Waals surface area (Å²) in [6.45, 7) is 4.88. The first-order valence-electron chi connectivity index (χ1n) is 7.28. The van der Waals surface area contributed by atoms with E-state index in [9.17, 15) is 4.79 Å². The number of benzene rings is 2. The van der Waals surface area contributed by atoms with Crippen LogP contribution in [0.15, 0.2) is 58.1 Å². The van der Waals surface area contributed by atoms with Gasteiger partial charge in [-0.15, -0.1) is 0 Å². The van der Waals surface area contributed by atoms with Gasteiger partial charge in [0.15, 0.2) is 0 Å². The molecule has 1 aromatic heterocycles. The van der Waals surface area contributed by atoms with Gasteiger partial charge in [0.2, 0.25) is 0 Å². The second kappa shape index (κ2) is 6.05. The molecule has 0 bridgehead atoms. The Balaban J connectivity index is 1.97. The zero-order chi connectivity index (χ0) is 15.7. The van der Waals surface area contributed by atoms with Crippen LogP contribution in [-0.2, 0) is 6.54 Å². The van der Waals surface area contributed by atoms with E-state index in [1.165, 1.54) is 5.56 Å². The number of hydrogen-bond donors (Lipinski definition) is 0. The molecule has 3 rings (SSSR count). The van der Waals surface area contributed by atoms with Crippen molar-refractivity contribution in [3.05, 3.63) is 74.7 Å². The normalized spacial score (nSPS) is 11.3. The van der Waals surface area contributed by atoms with Crippen molar-refractivity contribution in [2.24, 2.45) is 0 Å². The van der Waals surface area contributed by atoms with E-state index >= 15 is 0 Å². The van der Waals surface area contributed by atoms with Crippen LogP contribution < -0.4 is 5.56 Å². The molecule has 0 fully saturated rings. The molecule has 22 heavy (non-hydrogen) atoms. The lowest BCUT2D eigenvalue weighted by Gasteiger charge is -2.09. The molecule has 0 radical (unpaired) electrons. The number of aromatic nitrogens is 2. The van der Waals surface area contributed by atoms with E-state index in [0.29, 0.717) is 17.8 Å². The minimum atomic E-state index is -0.0146. The summed E-state index contributed by atoms with van der Waals surface area (Å²) in [5.74, 6) is 0.511. The molecule has 3 aromatic rings. The fourth-order valence-electron chi connectivity index (χ4n) is 2.45. The third-order valence-corrected chi connectivity index (χ3v) is 4.28. The Morgan fingerprint density at radius 2 is 1.86 bits per heavy atom. The molecule has 3 nitrogen and oxygen atoms in total. The Hall–Kier alpha value is -1.94. The molecule has 0 N–H and O–H groups in total. The van der Waals surface area contributed by atoms with Gasteiger partial charge in [-0.05, 0) is 35.2 Å². The summed E-state index contributed by atoms with van der Waals surface area (Å²) in [6.07, 6.45) is 1.62. The van der Waals surface area contributed by atoms with Crippen molar-refractivity contribution in [3.8, 4) is 0 Å². The van der Waals surface area contributed by atoms with E-state index in [1.54, 1.807) is 10.9 Å². The standard InChI is InChI=1S/C18H17BrN2O/c1-12(2)14-5-3-13(4-6-14)10-21-11-20-17-8-7-15(19)9-16(17)18(21)22/h3-9,11-12H,10H2,1-2H3. The maximum Gasteiger partial charge on any atom is 0.261 e. The van der Waals surface area contributed by atoms with Crippen LogP contribution in [0.4, 0.5) is 0 Å². The molecule has 0 saturated carbocycles. The zero-order valence-electron chi connectivity index (χ0n) is 12.6. The van der Waals surface area contributed by atoms with Crippen LogP contribution in [0.2, 0.25) is 0 Å². The highest BCUT2D eigenvalue weighted by Gasteiger charge is 2.06. The molecular formula is C18H17BrN2O. The molecule has 0 amide bonds. The first-order chi connectivity index (χ1) is 10.5. The van der Waals surface area contributed by atoms with Gasteiger partial charge in [-0.25, -0.2) is 4.98 Å². The molecule has 0 unspecified atom stereocenters. The fourth-order valence-corrected chi connectivity index (χ4v) is 2.81. The molecule has 0 atom stereocenters. The summed E-state index contributed by atoms with van der Waals surface area (Å²) in [5, 5.41) is 0.635. The second-order valence-corrected chi connectivity index (χ2v) is 6.65. The Labute approximate surface area is 137 Å². The van der Waals surface area contributed by atoms with Gasteiger partial charge in [-0.3, -0.25) is 9.36 Å². The van der Waals surface area contributed by atoms with Gasteiger partial charge in [-0.1, -0.05) is 54.0 Å². The van der Waals surface area contributed by atoms with Crippen LogP contribution in [0.3, 0.4) is 0 Å². The average Bonchev–Trinajstić information content (AvgIpc) is 2.51. The molecule has 0 spiro atoms. The third-order valence-electron chi connectivity index (χ3n) is 3.79. The third kappa shape index (κ3) is 2.97. The number of halogens is 1. The van der Waals surface area contributed by atoms with E-state index in [0.717, 1.165) is 15.6 Å². The molecule has 112 valence electrons. The molecule has 4 heteroatoms. The highest BCUT2D eigenvalue weighted by atomic mass is 79.9. The lowest BCUT2D eigenvalue weighted by Crippen LogP contribution is -2.21. The van der Waals surface area contributed by atoms with Gasteiger partial charge in [0.25, 0.3) is 5.56 Å². The maximum absolute atomic E-state index is 12.6. The van der Waals surface area contributed by atoms with Gasteiger partial charge < -0.3 is 0 Å². The largest absolute Gasteiger partial charge is 0.294 e. The van der Waals surface area contributed by atoms with Gasteiger partial charge in [0, 0.05) is 4.47 Å². The Morgan fingerprint density at radius 1 is 1.14 bits per heavy atom. The smallest absolute Gasteiger partial charge is 0.261 e. The summed E-state index contributed by atoms with van der Waals surface area (Å²) in [5.41, 5.74) is 3.11. The number of hydrogen-bond acceptors (Lipinski definition) is 2. The zero-order valence-corrected chi connectivity index (χ0v) is 14.2. The van der Waals surface area contributed by atoms with Crippen LogP contribution in [-0.4, -0.2) is 9.55 Å². The predicted octanol–water partition coefficient (Wildman–Crippen LogP) is 4.33. The van der Waals surface area contributed by atoms with E-state index < -0.39 is 0 Å². The van der Waals surface area contributed by atoms with E-state index in [2.05, 4.69) is 59.0 Å².